The summed E-state index contributed by atoms with van der Waals surface area (Å²) in [6, 6.07) is 13.7. The maximum atomic E-state index is 12.6. The van der Waals surface area contributed by atoms with Crippen molar-refractivity contribution in [2.45, 2.75) is 74.8 Å². The van der Waals surface area contributed by atoms with Crippen LogP contribution in [0.3, 0.4) is 0 Å². The summed E-state index contributed by atoms with van der Waals surface area (Å²) in [6.45, 7) is 9.27. The fourth-order valence-electron chi connectivity index (χ4n) is 5.32. The van der Waals surface area contributed by atoms with E-state index >= 15 is 0 Å². The molecule has 1 spiro atoms. The molecule has 1 atom stereocenters. The summed E-state index contributed by atoms with van der Waals surface area (Å²) in [5, 5.41) is 19.9. The van der Waals surface area contributed by atoms with Gasteiger partial charge in [0.1, 0.15) is 33.8 Å². The molecule has 1 unspecified atom stereocenters. The highest BCUT2D eigenvalue weighted by Crippen LogP contribution is 2.46. The lowest BCUT2D eigenvalue weighted by atomic mass is 9.76. The number of amides is 2. The molecule has 2 N–H and O–H groups in total. The molecule has 10 heteroatoms. The van der Waals surface area contributed by atoms with Gasteiger partial charge in [-0.25, -0.2) is 9.78 Å². The minimum atomic E-state index is -0.737. The van der Waals surface area contributed by atoms with Crippen LogP contribution in [0.25, 0.3) is 0 Å². The van der Waals surface area contributed by atoms with Crippen LogP contribution in [0.1, 0.15) is 74.5 Å². The smallest absolute Gasteiger partial charge is 0.410 e. The topological polar surface area (TPSA) is 136 Å². The molecule has 2 fully saturated rings. The van der Waals surface area contributed by atoms with Gasteiger partial charge in [0.05, 0.1) is 11.1 Å². The SMILES string of the molecule is CCc1c(C#N)c(SC(C(N)=O)c2ccccc2)nc(N2CCC23CCN(C(=O)OC(C)(C)C)CC3)c1C#N. The van der Waals surface area contributed by atoms with Gasteiger partial charge in [-0.3, -0.25) is 4.79 Å². The van der Waals surface area contributed by atoms with Crippen molar-refractivity contribution in [3.8, 4) is 12.1 Å². The van der Waals surface area contributed by atoms with E-state index in [1.807, 2.05) is 58.0 Å². The molecule has 0 radical (unpaired) electrons. The zero-order chi connectivity index (χ0) is 28.4. The number of carbonyl (C=O) groups excluding carboxylic acids is 2. The van der Waals surface area contributed by atoms with Crippen molar-refractivity contribution >= 4 is 29.6 Å². The van der Waals surface area contributed by atoms with Gasteiger partial charge in [-0.2, -0.15) is 10.5 Å². The van der Waals surface area contributed by atoms with E-state index in [-0.39, 0.29) is 11.6 Å². The third-order valence-corrected chi connectivity index (χ3v) is 8.65. The number of primary amides is 1. The number of rotatable bonds is 6. The van der Waals surface area contributed by atoms with Gasteiger partial charge >= 0.3 is 6.09 Å². The lowest BCUT2D eigenvalue weighted by Gasteiger charge is -2.57. The molecule has 2 saturated heterocycles. The molecule has 204 valence electrons. The standard InChI is InChI=1S/C29H34N6O3S/c1-5-20-21(17-30)25(33-26(22(20)18-31)39-23(24(32)36)19-9-7-6-8-10-19)35-16-13-29(35)11-14-34(15-12-29)27(37)38-28(2,3)4/h6-10,23H,5,11-16H2,1-4H3,(H2,32,36). The molecule has 0 bridgehead atoms. The van der Waals surface area contributed by atoms with Gasteiger partial charge in [0.15, 0.2) is 0 Å². The quantitative estimate of drug-likeness (QED) is 0.516. The van der Waals surface area contributed by atoms with Gasteiger partial charge < -0.3 is 20.3 Å². The van der Waals surface area contributed by atoms with Crippen molar-refractivity contribution in [3.05, 3.63) is 52.6 Å². The van der Waals surface area contributed by atoms with Gasteiger partial charge in [-0.15, -0.1) is 0 Å². The van der Waals surface area contributed by atoms with E-state index in [1.165, 1.54) is 0 Å². The number of pyridine rings is 1. The number of hydrogen-bond donors (Lipinski definition) is 1. The van der Waals surface area contributed by atoms with Crippen LogP contribution in [0, 0.1) is 22.7 Å². The molecule has 2 aliphatic rings. The monoisotopic (exact) mass is 546 g/mol. The number of carbonyl (C=O) groups is 2. The average Bonchev–Trinajstić information content (AvgIpc) is 2.90. The lowest BCUT2D eigenvalue weighted by Crippen LogP contribution is -2.65. The minimum absolute atomic E-state index is 0.235. The van der Waals surface area contributed by atoms with E-state index in [0.717, 1.165) is 36.6 Å². The maximum Gasteiger partial charge on any atom is 0.410 e. The third kappa shape index (κ3) is 5.67. The molecule has 1 aromatic heterocycles. The van der Waals surface area contributed by atoms with E-state index in [2.05, 4.69) is 17.0 Å². The Hall–Kier alpha value is -3.76. The second-order valence-corrected chi connectivity index (χ2v) is 12.0. The second kappa shape index (κ2) is 11.2. The van der Waals surface area contributed by atoms with Crippen molar-refractivity contribution in [3.63, 3.8) is 0 Å². The fourth-order valence-corrected chi connectivity index (χ4v) is 6.37. The highest BCUT2D eigenvalue weighted by Gasteiger charge is 2.49. The molecule has 2 amide bonds. The Labute approximate surface area is 233 Å². The van der Waals surface area contributed by atoms with Crippen LogP contribution in [0.2, 0.25) is 0 Å². The van der Waals surface area contributed by atoms with Crippen LogP contribution in [-0.4, -0.2) is 52.7 Å². The number of nitriles is 2. The van der Waals surface area contributed by atoms with Crippen molar-refractivity contribution in [1.29, 1.82) is 10.5 Å². The summed E-state index contributed by atoms with van der Waals surface area (Å²) in [5.74, 6) is -0.000108. The van der Waals surface area contributed by atoms with Gasteiger partial charge in [0, 0.05) is 25.2 Å². The van der Waals surface area contributed by atoms with Gasteiger partial charge in [-0.1, -0.05) is 49.0 Å². The van der Waals surface area contributed by atoms with Gasteiger partial charge in [0.2, 0.25) is 5.91 Å². The average molecular weight is 547 g/mol. The maximum absolute atomic E-state index is 12.6. The first-order valence-corrected chi connectivity index (χ1v) is 14.0. The molecule has 9 nitrogen and oxygen atoms in total. The fraction of sp³-hybridized carbons (Fsp3) is 0.483. The van der Waals surface area contributed by atoms with Gasteiger partial charge in [0.25, 0.3) is 0 Å². The molecular formula is C29H34N6O3S. The summed E-state index contributed by atoms with van der Waals surface area (Å²) < 4.78 is 5.56. The van der Waals surface area contributed by atoms with Crippen molar-refractivity contribution in [1.82, 2.24) is 9.88 Å². The molecule has 3 heterocycles. The summed E-state index contributed by atoms with van der Waals surface area (Å²) in [4.78, 5) is 33.9. The van der Waals surface area contributed by atoms with Crippen LogP contribution in [0.15, 0.2) is 35.4 Å². The van der Waals surface area contributed by atoms with Crippen LogP contribution < -0.4 is 10.6 Å². The molecule has 4 rings (SSSR count). The number of likely N-dealkylation sites (tertiary alicyclic amines) is 1. The Morgan fingerprint density at radius 3 is 2.21 bits per heavy atom. The van der Waals surface area contributed by atoms with Crippen LogP contribution in [-0.2, 0) is 16.0 Å². The summed E-state index contributed by atoms with van der Waals surface area (Å²) in [6.07, 6.45) is 2.50. The Kier molecular flexibility index (Phi) is 8.08. The second-order valence-electron chi connectivity index (χ2n) is 11.0. The number of nitrogens with zero attached hydrogens (tertiary/aromatic N) is 5. The van der Waals surface area contributed by atoms with Crippen LogP contribution in [0.4, 0.5) is 10.6 Å². The minimum Gasteiger partial charge on any atom is -0.444 e. The third-order valence-electron chi connectivity index (χ3n) is 7.39. The number of ether oxygens (including phenoxy) is 1. The number of anilines is 1. The van der Waals surface area contributed by atoms with E-state index < -0.39 is 16.8 Å². The Morgan fingerprint density at radius 1 is 1.10 bits per heavy atom. The Bertz CT molecular complexity index is 1330. The molecule has 2 aliphatic heterocycles. The molecule has 2 aromatic rings. The lowest BCUT2D eigenvalue weighted by molar-refractivity contribution is -0.117. The molecule has 0 aliphatic carbocycles. The number of piperidine rings is 1. The van der Waals surface area contributed by atoms with Crippen LogP contribution in [0.5, 0.6) is 0 Å². The van der Waals surface area contributed by atoms with E-state index in [9.17, 15) is 20.1 Å². The van der Waals surface area contributed by atoms with Crippen molar-refractivity contribution in [2.24, 2.45) is 5.73 Å². The number of aromatic nitrogens is 1. The highest BCUT2D eigenvalue weighted by molar-refractivity contribution is 8.00. The number of benzene rings is 1. The summed E-state index contributed by atoms with van der Waals surface area (Å²) >= 11 is 1.15. The zero-order valence-electron chi connectivity index (χ0n) is 22.9. The number of thioether (sulfide) groups is 1. The molecule has 1 aromatic carbocycles. The first-order chi connectivity index (χ1) is 18.5. The number of hydrogen-bond acceptors (Lipinski definition) is 8. The highest BCUT2D eigenvalue weighted by atomic mass is 32.2. The van der Waals surface area contributed by atoms with Gasteiger partial charge in [-0.05, 0) is 57.6 Å². The largest absolute Gasteiger partial charge is 0.444 e. The van der Waals surface area contributed by atoms with Crippen LogP contribution >= 0.6 is 11.8 Å². The van der Waals surface area contributed by atoms with Crippen molar-refractivity contribution in [2.75, 3.05) is 24.5 Å². The van der Waals surface area contributed by atoms with E-state index in [1.54, 1.807) is 4.90 Å². The summed E-state index contributed by atoms with van der Waals surface area (Å²) in [7, 11) is 0. The van der Waals surface area contributed by atoms with E-state index in [4.69, 9.17) is 15.5 Å². The predicted molar refractivity (Wildman–Crippen MR) is 149 cm³/mol. The number of nitrogens with two attached hydrogens (primary N) is 1. The van der Waals surface area contributed by atoms with E-state index in [0.29, 0.717) is 53.6 Å². The van der Waals surface area contributed by atoms with Crippen molar-refractivity contribution < 1.29 is 14.3 Å². The predicted octanol–water partition coefficient (Wildman–Crippen LogP) is 4.69. The summed E-state index contributed by atoms with van der Waals surface area (Å²) in [5.41, 5.74) is 7.03. The molecular weight excluding hydrogens is 512 g/mol. The Morgan fingerprint density at radius 2 is 1.72 bits per heavy atom. The Balaban J connectivity index is 1.68. The zero-order valence-corrected chi connectivity index (χ0v) is 23.7. The first kappa shape index (κ1) is 28.3. The normalized spacial score (nSPS) is 17.1. The molecule has 0 saturated carbocycles. The molecule has 39 heavy (non-hydrogen) atoms. The first-order valence-electron chi connectivity index (χ1n) is 13.2.